The Balaban J connectivity index is 2.14. The molecular formula is C18H30N2O. The molecule has 1 aromatic carbocycles. The van der Waals surface area contributed by atoms with E-state index in [0.717, 1.165) is 18.7 Å². The van der Waals surface area contributed by atoms with Crippen molar-refractivity contribution in [2.75, 3.05) is 12.3 Å². The molecule has 3 N–H and O–H groups in total. The van der Waals surface area contributed by atoms with Crippen LogP contribution in [0.2, 0.25) is 0 Å². The van der Waals surface area contributed by atoms with Gasteiger partial charge in [-0.3, -0.25) is 4.79 Å². The van der Waals surface area contributed by atoms with E-state index in [9.17, 15) is 4.79 Å². The number of hydrogen-bond donors (Lipinski definition) is 2. The van der Waals surface area contributed by atoms with Crippen LogP contribution >= 0.6 is 0 Å². The van der Waals surface area contributed by atoms with E-state index in [0.29, 0.717) is 6.42 Å². The number of rotatable bonds is 10. The zero-order valence-corrected chi connectivity index (χ0v) is 13.5. The Morgan fingerprint density at radius 1 is 1.10 bits per heavy atom. The third-order valence-electron chi connectivity index (χ3n) is 3.85. The first-order valence-electron chi connectivity index (χ1n) is 8.25. The van der Waals surface area contributed by atoms with E-state index in [1.54, 1.807) is 0 Å². The van der Waals surface area contributed by atoms with Crippen molar-refractivity contribution < 1.29 is 4.79 Å². The summed E-state index contributed by atoms with van der Waals surface area (Å²) in [6.45, 7) is 5.11. The molecule has 0 aliphatic heterocycles. The fourth-order valence-electron chi connectivity index (χ4n) is 2.43. The summed E-state index contributed by atoms with van der Waals surface area (Å²) >= 11 is 0. The topological polar surface area (TPSA) is 55.1 Å². The van der Waals surface area contributed by atoms with Crippen molar-refractivity contribution in [3.05, 3.63) is 29.8 Å². The number of carbonyl (C=O) groups excluding carboxylic acids is 1. The molecule has 1 rings (SSSR count). The molecule has 1 atom stereocenters. The molecule has 0 aliphatic rings. The molecule has 0 spiro atoms. The molecule has 1 unspecified atom stereocenters. The molecule has 0 saturated carbocycles. The minimum absolute atomic E-state index is 0.146. The molecule has 0 fully saturated rings. The molecular weight excluding hydrogens is 260 g/mol. The van der Waals surface area contributed by atoms with Gasteiger partial charge in [0.15, 0.2) is 0 Å². The molecule has 0 aromatic heterocycles. The first-order valence-corrected chi connectivity index (χ1v) is 8.25. The molecule has 3 heteroatoms. The molecule has 1 aromatic rings. The van der Waals surface area contributed by atoms with Crippen molar-refractivity contribution in [2.24, 2.45) is 0 Å². The zero-order valence-electron chi connectivity index (χ0n) is 13.5. The Hall–Kier alpha value is -1.51. The summed E-state index contributed by atoms with van der Waals surface area (Å²) in [6.07, 6.45) is 8.05. The summed E-state index contributed by atoms with van der Waals surface area (Å²) in [5, 5.41) is 3.02. The van der Waals surface area contributed by atoms with Crippen LogP contribution in [0.1, 0.15) is 70.3 Å². The molecule has 3 nitrogen and oxygen atoms in total. The molecule has 0 saturated heterocycles. The fraction of sp³-hybridized carbons (Fsp3) is 0.611. The summed E-state index contributed by atoms with van der Waals surface area (Å²) in [6, 6.07) is 7.78. The van der Waals surface area contributed by atoms with Crippen LogP contribution in [0.3, 0.4) is 0 Å². The lowest BCUT2D eigenvalue weighted by molar-refractivity contribution is -0.121. The Kier molecular flexibility index (Phi) is 8.56. The van der Waals surface area contributed by atoms with Crippen LogP contribution in [0, 0.1) is 0 Å². The van der Waals surface area contributed by atoms with E-state index in [-0.39, 0.29) is 11.8 Å². The molecule has 0 radical (unpaired) electrons. The van der Waals surface area contributed by atoms with Crippen LogP contribution in [-0.4, -0.2) is 12.5 Å². The van der Waals surface area contributed by atoms with E-state index in [1.165, 1.54) is 37.7 Å². The number of amides is 1. The SMILES string of the molecule is CCCCCCCCNC(=O)CC(C)c1ccc(N)cc1. The van der Waals surface area contributed by atoms with Crippen LogP contribution in [0.25, 0.3) is 0 Å². The van der Waals surface area contributed by atoms with E-state index < -0.39 is 0 Å². The normalized spacial score (nSPS) is 12.1. The second-order valence-corrected chi connectivity index (χ2v) is 5.89. The highest BCUT2D eigenvalue weighted by molar-refractivity contribution is 5.76. The average Bonchev–Trinajstić information content (AvgIpc) is 2.47. The molecule has 21 heavy (non-hydrogen) atoms. The lowest BCUT2D eigenvalue weighted by Gasteiger charge is -2.12. The maximum Gasteiger partial charge on any atom is 0.220 e. The second kappa shape index (κ2) is 10.3. The molecule has 118 valence electrons. The van der Waals surface area contributed by atoms with E-state index in [2.05, 4.69) is 19.2 Å². The van der Waals surface area contributed by atoms with Gasteiger partial charge in [-0.05, 0) is 30.0 Å². The number of carbonyl (C=O) groups is 1. The molecule has 0 heterocycles. The Bertz CT molecular complexity index is 400. The number of nitrogens with one attached hydrogen (secondary N) is 1. The summed E-state index contributed by atoms with van der Waals surface area (Å²) in [5.74, 6) is 0.378. The zero-order chi connectivity index (χ0) is 15.5. The van der Waals surface area contributed by atoms with Crippen LogP contribution in [-0.2, 0) is 4.79 Å². The maximum absolute atomic E-state index is 11.9. The second-order valence-electron chi connectivity index (χ2n) is 5.89. The lowest BCUT2D eigenvalue weighted by Crippen LogP contribution is -2.25. The highest BCUT2D eigenvalue weighted by atomic mass is 16.1. The lowest BCUT2D eigenvalue weighted by atomic mass is 9.97. The highest BCUT2D eigenvalue weighted by Crippen LogP contribution is 2.19. The van der Waals surface area contributed by atoms with Crippen molar-refractivity contribution >= 4 is 11.6 Å². The van der Waals surface area contributed by atoms with Gasteiger partial charge in [-0.2, -0.15) is 0 Å². The Labute approximate surface area is 129 Å². The number of hydrogen-bond acceptors (Lipinski definition) is 2. The third kappa shape index (κ3) is 7.74. The first kappa shape index (κ1) is 17.5. The number of anilines is 1. The van der Waals surface area contributed by atoms with Crippen molar-refractivity contribution in [1.29, 1.82) is 0 Å². The van der Waals surface area contributed by atoms with E-state index in [4.69, 9.17) is 5.73 Å². The fourth-order valence-corrected chi connectivity index (χ4v) is 2.43. The van der Waals surface area contributed by atoms with Gasteiger partial charge in [-0.1, -0.05) is 58.1 Å². The smallest absolute Gasteiger partial charge is 0.220 e. The molecule has 0 aliphatic carbocycles. The van der Waals surface area contributed by atoms with Crippen molar-refractivity contribution in [1.82, 2.24) is 5.32 Å². The Morgan fingerprint density at radius 3 is 2.38 bits per heavy atom. The van der Waals surface area contributed by atoms with Gasteiger partial charge in [0.2, 0.25) is 5.91 Å². The van der Waals surface area contributed by atoms with Gasteiger partial charge in [0.1, 0.15) is 0 Å². The van der Waals surface area contributed by atoms with Crippen molar-refractivity contribution in [3.8, 4) is 0 Å². The monoisotopic (exact) mass is 290 g/mol. The van der Waals surface area contributed by atoms with Crippen LogP contribution in [0.5, 0.6) is 0 Å². The number of nitrogen functional groups attached to an aromatic ring is 1. The van der Waals surface area contributed by atoms with Gasteiger partial charge in [0.05, 0.1) is 0 Å². The van der Waals surface area contributed by atoms with Crippen LogP contribution < -0.4 is 11.1 Å². The largest absolute Gasteiger partial charge is 0.399 e. The number of nitrogens with two attached hydrogens (primary N) is 1. The van der Waals surface area contributed by atoms with Gasteiger partial charge in [0.25, 0.3) is 0 Å². The number of unbranched alkanes of at least 4 members (excludes halogenated alkanes) is 5. The van der Waals surface area contributed by atoms with Gasteiger partial charge in [-0.25, -0.2) is 0 Å². The predicted molar refractivity (Wildman–Crippen MR) is 90.3 cm³/mol. The maximum atomic E-state index is 11.9. The highest BCUT2D eigenvalue weighted by Gasteiger charge is 2.10. The standard InChI is InChI=1S/C18H30N2O/c1-3-4-5-6-7-8-13-20-18(21)14-15(2)16-9-11-17(19)12-10-16/h9-12,15H,3-8,13-14,19H2,1-2H3,(H,20,21). The average molecular weight is 290 g/mol. The summed E-state index contributed by atoms with van der Waals surface area (Å²) < 4.78 is 0. The molecule has 0 bridgehead atoms. The van der Waals surface area contributed by atoms with Crippen molar-refractivity contribution in [3.63, 3.8) is 0 Å². The minimum atomic E-state index is 0.146. The summed E-state index contributed by atoms with van der Waals surface area (Å²) in [4.78, 5) is 11.9. The van der Waals surface area contributed by atoms with E-state index >= 15 is 0 Å². The van der Waals surface area contributed by atoms with Gasteiger partial charge in [0, 0.05) is 18.7 Å². The van der Waals surface area contributed by atoms with Gasteiger partial charge < -0.3 is 11.1 Å². The van der Waals surface area contributed by atoms with Crippen molar-refractivity contribution in [2.45, 2.75) is 64.7 Å². The van der Waals surface area contributed by atoms with Gasteiger partial charge in [-0.15, -0.1) is 0 Å². The summed E-state index contributed by atoms with van der Waals surface area (Å²) in [7, 11) is 0. The Morgan fingerprint density at radius 2 is 1.71 bits per heavy atom. The predicted octanol–water partition coefficient (Wildman–Crippen LogP) is 4.24. The summed E-state index contributed by atoms with van der Waals surface area (Å²) in [5.41, 5.74) is 7.60. The quantitative estimate of drug-likeness (QED) is 0.500. The molecule has 1 amide bonds. The van der Waals surface area contributed by atoms with Crippen LogP contribution in [0.15, 0.2) is 24.3 Å². The number of benzene rings is 1. The third-order valence-corrected chi connectivity index (χ3v) is 3.85. The van der Waals surface area contributed by atoms with Crippen LogP contribution in [0.4, 0.5) is 5.69 Å². The van der Waals surface area contributed by atoms with E-state index in [1.807, 2.05) is 24.3 Å². The minimum Gasteiger partial charge on any atom is -0.399 e. The van der Waals surface area contributed by atoms with Gasteiger partial charge >= 0.3 is 0 Å². The first-order chi connectivity index (χ1) is 10.1.